The van der Waals surface area contributed by atoms with E-state index in [2.05, 4.69) is 4.74 Å². The molecule has 0 bridgehead atoms. The lowest BCUT2D eigenvalue weighted by molar-refractivity contribution is -0.275. The highest BCUT2D eigenvalue weighted by molar-refractivity contribution is 7.85. The normalized spacial score (nSPS) is 16.2. The van der Waals surface area contributed by atoms with Gasteiger partial charge in [0.15, 0.2) is 11.5 Å². The zero-order chi connectivity index (χ0) is 22.6. The van der Waals surface area contributed by atoms with Crippen LogP contribution in [-0.2, 0) is 14.9 Å². The van der Waals surface area contributed by atoms with Gasteiger partial charge in [0.25, 0.3) is 10.1 Å². The number of hydrogen-bond donors (Lipinski definition) is 1. The van der Waals surface area contributed by atoms with Crippen molar-refractivity contribution in [2.24, 2.45) is 5.92 Å². The molecule has 1 aromatic rings. The molecule has 0 saturated heterocycles. The minimum atomic E-state index is -4.95. The van der Waals surface area contributed by atoms with Gasteiger partial charge in [-0.1, -0.05) is 19.3 Å². The fraction of sp³-hybridized carbons (Fsp3) is 0.632. The summed E-state index contributed by atoms with van der Waals surface area (Å²) in [6.45, 7) is 2.94. The summed E-state index contributed by atoms with van der Waals surface area (Å²) in [6, 6.07) is 3.07. The zero-order valence-electron chi connectivity index (χ0n) is 16.7. The summed E-state index contributed by atoms with van der Waals surface area (Å²) in [4.78, 5) is 12.1. The van der Waals surface area contributed by atoms with Gasteiger partial charge >= 0.3 is 12.3 Å². The van der Waals surface area contributed by atoms with Gasteiger partial charge in [0.1, 0.15) is 18.0 Å². The number of hydrogen-bond acceptors (Lipinski definition) is 6. The van der Waals surface area contributed by atoms with Gasteiger partial charge < -0.3 is 14.2 Å². The predicted molar refractivity (Wildman–Crippen MR) is 101 cm³/mol. The molecule has 0 aliphatic heterocycles. The van der Waals surface area contributed by atoms with E-state index in [1.165, 1.54) is 0 Å². The minimum Gasteiger partial charge on any atom is -0.484 e. The van der Waals surface area contributed by atoms with E-state index in [1.54, 1.807) is 13.8 Å². The standard InChI is InChI=1S/C19H25F3O7S/c1-18(2,14-6-4-3-5-7-14)28-16-12-13(8-9-15(16)29-19(20,21)22)17(23)27-10-11-30(24,25)26/h8-9,12,14H,3-7,10-11H2,1-2H3,(H,24,25,26). The maximum absolute atomic E-state index is 12.8. The van der Waals surface area contributed by atoms with Gasteiger partial charge in [0.2, 0.25) is 0 Å². The van der Waals surface area contributed by atoms with Crippen molar-refractivity contribution in [3.8, 4) is 11.5 Å². The Morgan fingerprint density at radius 2 is 1.73 bits per heavy atom. The molecule has 0 unspecified atom stereocenters. The Morgan fingerprint density at radius 1 is 1.10 bits per heavy atom. The van der Waals surface area contributed by atoms with E-state index in [0.29, 0.717) is 0 Å². The van der Waals surface area contributed by atoms with Gasteiger partial charge in [0, 0.05) is 0 Å². The lowest BCUT2D eigenvalue weighted by Gasteiger charge is -2.37. The molecule has 1 N–H and O–H groups in total. The van der Waals surface area contributed by atoms with Crippen LogP contribution in [0.15, 0.2) is 18.2 Å². The van der Waals surface area contributed by atoms with Crippen LogP contribution in [0.1, 0.15) is 56.3 Å². The molecule has 0 amide bonds. The molecule has 0 heterocycles. The van der Waals surface area contributed by atoms with E-state index in [9.17, 15) is 26.4 Å². The Balaban J connectivity index is 2.25. The number of rotatable bonds is 8. The number of benzene rings is 1. The van der Waals surface area contributed by atoms with Crippen molar-refractivity contribution in [1.82, 2.24) is 0 Å². The van der Waals surface area contributed by atoms with E-state index in [0.717, 1.165) is 50.3 Å². The van der Waals surface area contributed by atoms with Crippen LogP contribution in [0.4, 0.5) is 13.2 Å². The number of ether oxygens (including phenoxy) is 3. The van der Waals surface area contributed by atoms with Crippen molar-refractivity contribution in [1.29, 1.82) is 0 Å². The first-order valence-electron chi connectivity index (χ1n) is 9.48. The first kappa shape index (κ1) is 24.3. The molecule has 7 nitrogen and oxygen atoms in total. The fourth-order valence-electron chi connectivity index (χ4n) is 3.41. The average molecular weight is 454 g/mol. The van der Waals surface area contributed by atoms with E-state index in [4.69, 9.17) is 14.0 Å². The molecule has 1 aliphatic rings. The number of halogens is 3. The molecule has 2 rings (SSSR count). The van der Waals surface area contributed by atoms with Gasteiger partial charge in [-0.05, 0) is 50.8 Å². The van der Waals surface area contributed by atoms with E-state index < -0.39 is 46.2 Å². The Bertz CT molecular complexity index is 844. The predicted octanol–water partition coefficient (Wildman–Crippen LogP) is 4.37. The molecule has 1 aromatic carbocycles. The van der Waals surface area contributed by atoms with E-state index in [-0.39, 0.29) is 17.2 Å². The SMILES string of the molecule is CC(C)(Oc1cc(C(=O)OCCS(=O)(=O)O)ccc1OC(F)(F)F)C1CCCCC1. The molecule has 0 spiro atoms. The molecular weight excluding hydrogens is 429 g/mol. The molecule has 1 aliphatic carbocycles. The maximum Gasteiger partial charge on any atom is 0.573 e. The Labute approximate surface area is 173 Å². The molecule has 0 atom stereocenters. The van der Waals surface area contributed by atoms with Crippen molar-refractivity contribution in [3.05, 3.63) is 23.8 Å². The topological polar surface area (TPSA) is 99.1 Å². The van der Waals surface area contributed by atoms with Crippen LogP contribution in [0.3, 0.4) is 0 Å². The highest BCUT2D eigenvalue weighted by Gasteiger charge is 2.36. The molecule has 1 saturated carbocycles. The maximum atomic E-state index is 12.8. The zero-order valence-corrected chi connectivity index (χ0v) is 17.5. The molecule has 0 radical (unpaired) electrons. The van der Waals surface area contributed by atoms with Crippen molar-refractivity contribution in [3.63, 3.8) is 0 Å². The third kappa shape index (κ3) is 7.67. The Kier molecular flexibility index (Phi) is 7.62. The molecule has 30 heavy (non-hydrogen) atoms. The second-order valence-electron chi connectivity index (χ2n) is 7.67. The van der Waals surface area contributed by atoms with Crippen molar-refractivity contribution < 1.29 is 45.1 Å². The van der Waals surface area contributed by atoms with Crippen LogP contribution in [0.5, 0.6) is 11.5 Å². The highest BCUT2D eigenvalue weighted by atomic mass is 32.2. The first-order valence-corrected chi connectivity index (χ1v) is 11.1. The van der Waals surface area contributed by atoms with Gasteiger partial charge in [-0.2, -0.15) is 8.42 Å². The minimum absolute atomic E-state index is 0.121. The summed E-state index contributed by atoms with van der Waals surface area (Å²) in [7, 11) is -4.32. The monoisotopic (exact) mass is 454 g/mol. The highest BCUT2D eigenvalue weighted by Crippen LogP contribution is 2.40. The summed E-state index contributed by atoms with van der Waals surface area (Å²) in [5, 5.41) is 0. The van der Waals surface area contributed by atoms with Gasteiger partial charge in [0.05, 0.1) is 5.56 Å². The summed E-state index contributed by atoms with van der Waals surface area (Å²) >= 11 is 0. The number of carbonyl (C=O) groups is 1. The third-order valence-electron chi connectivity index (χ3n) is 4.94. The van der Waals surface area contributed by atoms with E-state index in [1.807, 2.05) is 0 Å². The smallest absolute Gasteiger partial charge is 0.484 e. The average Bonchev–Trinajstić information content (AvgIpc) is 2.61. The third-order valence-corrected chi connectivity index (χ3v) is 5.62. The van der Waals surface area contributed by atoms with Crippen LogP contribution >= 0.6 is 0 Å². The summed E-state index contributed by atoms with van der Waals surface area (Å²) in [5.41, 5.74) is -0.952. The van der Waals surface area contributed by atoms with Crippen LogP contribution in [0.25, 0.3) is 0 Å². The second-order valence-corrected chi connectivity index (χ2v) is 9.24. The van der Waals surface area contributed by atoms with Crippen LogP contribution in [0, 0.1) is 5.92 Å². The quantitative estimate of drug-likeness (QED) is 0.460. The fourth-order valence-corrected chi connectivity index (χ4v) is 3.71. The summed E-state index contributed by atoms with van der Waals surface area (Å²) < 4.78 is 83.2. The molecule has 1 fully saturated rings. The van der Waals surface area contributed by atoms with Crippen LogP contribution < -0.4 is 9.47 Å². The lowest BCUT2D eigenvalue weighted by atomic mass is 9.79. The van der Waals surface area contributed by atoms with Crippen LogP contribution in [0.2, 0.25) is 0 Å². The van der Waals surface area contributed by atoms with E-state index >= 15 is 0 Å². The molecular formula is C19H25F3O7S. The Morgan fingerprint density at radius 3 is 2.30 bits per heavy atom. The largest absolute Gasteiger partial charge is 0.573 e. The van der Waals surface area contributed by atoms with Gasteiger partial charge in [-0.3, -0.25) is 4.55 Å². The van der Waals surface area contributed by atoms with Crippen molar-refractivity contribution in [2.75, 3.05) is 12.4 Å². The van der Waals surface area contributed by atoms with Crippen LogP contribution in [-0.4, -0.2) is 43.3 Å². The number of alkyl halides is 3. The van der Waals surface area contributed by atoms with Crippen molar-refractivity contribution >= 4 is 16.1 Å². The molecule has 0 aromatic heterocycles. The van der Waals surface area contributed by atoms with Crippen molar-refractivity contribution in [2.45, 2.75) is 57.9 Å². The molecule has 170 valence electrons. The van der Waals surface area contributed by atoms with Gasteiger partial charge in [-0.25, -0.2) is 4.79 Å². The lowest BCUT2D eigenvalue weighted by Crippen LogP contribution is -2.39. The molecule has 11 heteroatoms. The number of esters is 1. The first-order chi connectivity index (χ1) is 13.8. The summed E-state index contributed by atoms with van der Waals surface area (Å²) in [5.74, 6) is -2.52. The Hall–Kier alpha value is -2.01. The second kappa shape index (κ2) is 9.42. The summed E-state index contributed by atoms with van der Waals surface area (Å²) in [6.07, 6.45) is -0.100. The van der Waals surface area contributed by atoms with Gasteiger partial charge in [-0.15, -0.1) is 13.2 Å². The number of carbonyl (C=O) groups excluding carboxylic acids is 1.